The van der Waals surface area contributed by atoms with Gasteiger partial charge in [-0.3, -0.25) is 4.79 Å². The second-order valence-corrected chi connectivity index (χ2v) is 5.56. The third-order valence-corrected chi connectivity index (χ3v) is 3.85. The van der Waals surface area contributed by atoms with Crippen molar-refractivity contribution in [1.29, 1.82) is 0 Å². The number of hydrogen-bond acceptors (Lipinski definition) is 3. The van der Waals surface area contributed by atoms with Gasteiger partial charge in [0.2, 0.25) is 0 Å². The molecule has 0 saturated heterocycles. The van der Waals surface area contributed by atoms with E-state index in [4.69, 9.17) is 9.47 Å². The Kier molecular flexibility index (Phi) is 5.25. The van der Waals surface area contributed by atoms with Crippen molar-refractivity contribution in [3.63, 3.8) is 0 Å². The van der Waals surface area contributed by atoms with E-state index in [2.05, 4.69) is 22.9 Å². The number of ether oxygens (including phenoxy) is 2. The predicted octanol–water partition coefficient (Wildman–Crippen LogP) is 4.37. The van der Waals surface area contributed by atoms with E-state index in [1.54, 1.807) is 6.07 Å². The van der Waals surface area contributed by atoms with E-state index in [1.807, 2.05) is 6.07 Å². The third-order valence-electron chi connectivity index (χ3n) is 3.19. The summed E-state index contributed by atoms with van der Waals surface area (Å²) < 4.78 is 11.8. The Balaban J connectivity index is 2.04. The van der Waals surface area contributed by atoms with Crippen LogP contribution in [0.2, 0.25) is 0 Å². The standard InChI is InChI=1S/C15H19BrO3/c1-2-3-4-5-6-13(17)11-9-14-15(10-12(11)16)19-8-7-18-14/h9-10H,2-8H2,1H3. The molecule has 19 heavy (non-hydrogen) atoms. The number of fused-ring (bicyclic) bond motifs is 1. The van der Waals surface area contributed by atoms with Crippen LogP contribution in [-0.4, -0.2) is 19.0 Å². The molecular formula is C15H19BrO3. The van der Waals surface area contributed by atoms with E-state index in [9.17, 15) is 4.79 Å². The van der Waals surface area contributed by atoms with Gasteiger partial charge < -0.3 is 9.47 Å². The fourth-order valence-electron chi connectivity index (χ4n) is 2.12. The Morgan fingerprint density at radius 1 is 1.16 bits per heavy atom. The molecule has 0 unspecified atom stereocenters. The summed E-state index contributed by atoms with van der Waals surface area (Å²) in [4.78, 5) is 12.2. The van der Waals surface area contributed by atoms with Gasteiger partial charge in [0.15, 0.2) is 17.3 Å². The maximum Gasteiger partial charge on any atom is 0.164 e. The molecule has 0 atom stereocenters. The van der Waals surface area contributed by atoms with Crippen molar-refractivity contribution < 1.29 is 14.3 Å². The number of unbranched alkanes of at least 4 members (excludes halogenated alkanes) is 3. The summed E-state index contributed by atoms with van der Waals surface area (Å²) in [6.07, 6.45) is 5.04. The Hall–Kier alpha value is -1.03. The molecule has 0 N–H and O–H groups in total. The molecule has 0 amide bonds. The normalized spacial score (nSPS) is 13.4. The predicted molar refractivity (Wildman–Crippen MR) is 78.2 cm³/mol. The van der Waals surface area contributed by atoms with Crippen molar-refractivity contribution in [3.05, 3.63) is 22.2 Å². The van der Waals surface area contributed by atoms with Gasteiger partial charge in [-0.1, -0.05) is 26.2 Å². The highest BCUT2D eigenvalue weighted by Gasteiger charge is 2.18. The zero-order valence-electron chi connectivity index (χ0n) is 11.2. The number of ketones is 1. The first-order chi connectivity index (χ1) is 9.22. The summed E-state index contributed by atoms with van der Waals surface area (Å²) in [5, 5.41) is 0. The Morgan fingerprint density at radius 2 is 1.84 bits per heavy atom. The Labute approximate surface area is 122 Å². The molecule has 0 spiro atoms. The Bertz CT molecular complexity index is 457. The van der Waals surface area contributed by atoms with Gasteiger partial charge in [0.25, 0.3) is 0 Å². The third kappa shape index (κ3) is 3.72. The van der Waals surface area contributed by atoms with Gasteiger partial charge in [0.05, 0.1) is 0 Å². The van der Waals surface area contributed by atoms with Gasteiger partial charge in [0.1, 0.15) is 13.2 Å². The van der Waals surface area contributed by atoms with Gasteiger partial charge in [-0.25, -0.2) is 0 Å². The molecule has 0 aliphatic carbocycles. The van der Waals surface area contributed by atoms with Crippen LogP contribution < -0.4 is 9.47 Å². The van der Waals surface area contributed by atoms with Crippen LogP contribution in [-0.2, 0) is 0 Å². The molecule has 2 rings (SSSR count). The van der Waals surface area contributed by atoms with Crippen LogP contribution in [0.4, 0.5) is 0 Å². The lowest BCUT2D eigenvalue weighted by atomic mass is 10.0. The van der Waals surface area contributed by atoms with Crippen LogP contribution in [0.3, 0.4) is 0 Å². The van der Waals surface area contributed by atoms with Crippen molar-refractivity contribution in [3.8, 4) is 11.5 Å². The molecule has 3 nitrogen and oxygen atoms in total. The summed E-state index contributed by atoms with van der Waals surface area (Å²) in [6.45, 7) is 3.27. The molecule has 1 aliphatic heterocycles. The van der Waals surface area contributed by atoms with Crippen molar-refractivity contribution in [2.75, 3.05) is 13.2 Å². The largest absolute Gasteiger partial charge is 0.486 e. The average molecular weight is 327 g/mol. The van der Waals surface area contributed by atoms with Crippen LogP contribution in [0.15, 0.2) is 16.6 Å². The fraction of sp³-hybridized carbons (Fsp3) is 0.533. The number of Topliss-reactive ketones (excluding diaryl/α,β-unsaturated/α-hetero) is 1. The van der Waals surface area contributed by atoms with Gasteiger partial charge in [-0.15, -0.1) is 0 Å². The maximum absolute atomic E-state index is 12.2. The van der Waals surface area contributed by atoms with E-state index < -0.39 is 0 Å². The van der Waals surface area contributed by atoms with Crippen LogP contribution in [0.25, 0.3) is 0 Å². The highest BCUT2D eigenvalue weighted by Crippen LogP contribution is 2.36. The maximum atomic E-state index is 12.2. The van der Waals surface area contributed by atoms with Gasteiger partial charge in [-0.2, -0.15) is 0 Å². The lowest BCUT2D eigenvalue weighted by Gasteiger charge is -2.19. The fourth-order valence-corrected chi connectivity index (χ4v) is 2.67. The van der Waals surface area contributed by atoms with E-state index in [0.29, 0.717) is 36.7 Å². The van der Waals surface area contributed by atoms with Crippen molar-refractivity contribution >= 4 is 21.7 Å². The summed E-state index contributed by atoms with van der Waals surface area (Å²) in [7, 11) is 0. The zero-order valence-corrected chi connectivity index (χ0v) is 12.8. The van der Waals surface area contributed by atoms with Crippen LogP contribution in [0, 0.1) is 0 Å². The minimum absolute atomic E-state index is 0.167. The number of hydrogen-bond donors (Lipinski definition) is 0. The molecule has 4 heteroatoms. The first-order valence-corrected chi connectivity index (χ1v) is 7.64. The van der Waals surface area contributed by atoms with E-state index >= 15 is 0 Å². The number of carbonyl (C=O) groups excluding carboxylic acids is 1. The smallest absolute Gasteiger partial charge is 0.164 e. The lowest BCUT2D eigenvalue weighted by molar-refractivity contribution is 0.0977. The lowest BCUT2D eigenvalue weighted by Crippen LogP contribution is -2.16. The highest BCUT2D eigenvalue weighted by molar-refractivity contribution is 9.10. The molecule has 104 valence electrons. The molecule has 1 heterocycles. The summed E-state index contributed by atoms with van der Waals surface area (Å²) in [5.41, 5.74) is 0.695. The molecule has 1 aromatic carbocycles. The van der Waals surface area contributed by atoms with Gasteiger partial charge >= 0.3 is 0 Å². The Morgan fingerprint density at radius 3 is 2.53 bits per heavy atom. The number of rotatable bonds is 6. The molecule has 0 bridgehead atoms. The minimum Gasteiger partial charge on any atom is -0.486 e. The van der Waals surface area contributed by atoms with Gasteiger partial charge in [0, 0.05) is 16.5 Å². The molecule has 1 aliphatic rings. The number of halogens is 1. The zero-order chi connectivity index (χ0) is 13.7. The molecule has 1 aromatic rings. The molecule has 0 aromatic heterocycles. The van der Waals surface area contributed by atoms with Crippen molar-refractivity contribution in [2.45, 2.75) is 39.0 Å². The second kappa shape index (κ2) is 6.94. The molecule has 0 saturated carbocycles. The monoisotopic (exact) mass is 326 g/mol. The SMILES string of the molecule is CCCCCCC(=O)c1cc2c(cc1Br)OCCO2. The quantitative estimate of drug-likeness (QED) is 0.575. The van der Waals surface area contributed by atoms with E-state index in [0.717, 1.165) is 17.3 Å². The summed E-state index contributed by atoms with van der Waals surface area (Å²) >= 11 is 3.44. The first kappa shape index (κ1) is 14.4. The van der Waals surface area contributed by atoms with Gasteiger partial charge in [-0.05, 0) is 34.5 Å². The molecule has 0 radical (unpaired) electrons. The minimum atomic E-state index is 0.167. The van der Waals surface area contributed by atoms with Crippen molar-refractivity contribution in [1.82, 2.24) is 0 Å². The number of carbonyl (C=O) groups is 1. The number of benzene rings is 1. The molecular weight excluding hydrogens is 308 g/mol. The van der Waals surface area contributed by atoms with Crippen molar-refractivity contribution in [2.24, 2.45) is 0 Å². The van der Waals surface area contributed by atoms with Crippen LogP contribution >= 0.6 is 15.9 Å². The highest BCUT2D eigenvalue weighted by atomic mass is 79.9. The van der Waals surface area contributed by atoms with Crippen LogP contribution in [0.1, 0.15) is 49.4 Å². The average Bonchev–Trinajstić information content (AvgIpc) is 2.42. The van der Waals surface area contributed by atoms with E-state index in [1.165, 1.54) is 12.8 Å². The summed E-state index contributed by atoms with van der Waals surface area (Å²) in [5.74, 6) is 1.55. The van der Waals surface area contributed by atoms with E-state index in [-0.39, 0.29) is 5.78 Å². The second-order valence-electron chi connectivity index (χ2n) is 4.71. The topological polar surface area (TPSA) is 35.5 Å². The first-order valence-electron chi connectivity index (χ1n) is 6.84. The van der Waals surface area contributed by atoms with Crippen LogP contribution in [0.5, 0.6) is 11.5 Å². The molecule has 0 fully saturated rings. The summed E-state index contributed by atoms with van der Waals surface area (Å²) in [6, 6.07) is 3.62.